The minimum absolute atomic E-state index is 0.0117. The summed E-state index contributed by atoms with van der Waals surface area (Å²) in [7, 11) is -3.74. The summed E-state index contributed by atoms with van der Waals surface area (Å²) >= 11 is 5.96. The summed E-state index contributed by atoms with van der Waals surface area (Å²) in [5.74, 6) is -1.11. The lowest BCUT2D eigenvalue weighted by atomic mass is 9.74. The van der Waals surface area contributed by atoms with E-state index in [0.717, 1.165) is 18.4 Å². The number of nitrogens with one attached hydrogen (secondary N) is 1. The molecule has 140 valence electrons. The van der Waals surface area contributed by atoms with Gasteiger partial charge in [-0.2, -0.15) is 0 Å². The molecule has 2 aromatic carbocycles. The maximum atomic E-state index is 13.9. The van der Waals surface area contributed by atoms with Gasteiger partial charge in [-0.1, -0.05) is 48.0 Å². The van der Waals surface area contributed by atoms with Crippen LogP contribution in [0.4, 0.5) is 4.39 Å². The highest BCUT2D eigenvalue weighted by Crippen LogP contribution is 2.34. The van der Waals surface area contributed by atoms with Gasteiger partial charge in [0.25, 0.3) is 0 Å². The summed E-state index contributed by atoms with van der Waals surface area (Å²) in [6.07, 6.45) is 1.44. The molecule has 0 bridgehead atoms. The molecule has 0 atom stereocenters. The van der Waals surface area contributed by atoms with Crippen molar-refractivity contribution in [1.82, 2.24) is 4.72 Å². The van der Waals surface area contributed by atoms with Crippen LogP contribution in [0.3, 0.4) is 0 Å². The molecule has 1 aliphatic rings. The largest absolute Gasteiger partial charge is 0.381 e. The van der Waals surface area contributed by atoms with Crippen LogP contribution in [0.2, 0.25) is 5.02 Å². The highest BCUT2D eigenvalue weighted by Gasteiger charge is 2.35. The first-order chi connectivity index (χ1) is 12.4. The van der Waals surface area contributed by atoms with Gasteiger partial charge in [0.2, 0.25) is 10.0 Å². The molecular weight excluding hydrogens is 377 g/mol. The third kappa shape index (κ3) is 4.43. The van der Waals surface area contributed by atoms with Gasteiger partial charge in [-0.25, -0.2) is 17.5 Å². The van der Waals surface area contributed by atoms with Crippen LogP contribution >= 0.6 is 11.6 Å². The normalized spacial score (nSPS) is 17.2. The molecule has 1 heterocycles. The summed E-state index contributed by atoms with van der Waals surface area (Å²) in [6, 6.07) is 14.0. The Balaban J connectivity index is 1.78. The standard InChI is InChI=1S/C19H21ClFNO3S/c20-17-7-4-8-18(21)16(17)13-26(23,24)22-14-19(9-11-25-12-10-19)15-5-2-1-3-6-15/h1-8,22H,9-14H2. The van der Waals surface area contributed by atoms with Gasteiger partial charge < -0.3 is 4.74 Å². The van der Waals surface area contributed by atoms with Gasteiger partial charge in [0.1, 0.15) is 5.82 Å². The molecule has 0 saturated carbocycles. The van der Waals surface area contributed by atoms with Gasteiger partial charge in [-0.15, -0.1) is 0 Å². The number of sulfonamides is 1. The highest BCUT2D eigenvalue weighted by molar-refractivity contribution is 7.88. The Morgan fingerprint density at radius 3 is 2.42 bits per heavy atom. The van der Waals surface area contributed by atoms with Crippen LogP contribution < -0.4 is 4.72 Å². The number of ether oxygens (including phenoxy) is 1. The van der Waals surface area contributed by atoms with E-state index in [1.807, 2.05) is 30.3 Å². The number of hydrogen-bond donors (Lipinski definition) is 1. The summed E-state index contributed by atoms with van der Waals surface area (Å²) in [6.45, 7) is 1.40. The topological polar surface area (TPSA) is 55.4 Å². The van der Waals surface area contributed by atoms with Crippen LogP contribution in [0.25, 0.3) is 0 Å². The van der Waals surface area contributed by atoms with Crippen molar-refractivity contribution in [3.63, 3.8) is 0 Å². The second-order valence-electron chi connectivity index (χ2n) is 6.54. The Bertz CT molecular complexity index is 832. The summed E-state index contributed by atoms with van der Waals surface area (Å²) in [5, 5.41) is 0.110. The molecule has 7 heteroatoms. The molecule has 1 N–H and O–H groups in total. The second-order valence-corrected chi connectivity index (χ2v) is 8.75. The zero-order valence-electron chi connectivity index (χ0n) is 14.3. The minimum Gasteiger partial charge on any atom is -0.381 e. The zero-order valence-corrected chi connectivity index (χ0v) is 15.8. The van der Waals surface area contributed by atoms with Crippen LogP contribution in [0.15, 0.2) is 48.5 Å². The summed E-state index contributed by atoms with van der Waals surface area (Å²) < 4.78 is 47.2. The zero-order chi connectivity index (χ0) is 18.6. The van der Waals surface area contributed by atoms with Crippen molar-refractivity contribution < 1.29 is 17.5 Å². The third-order valence-electron chi connectivity index (χ3n) is 4.86. The Hall–Kier alpha value is -1.47. The predicted octanol–water partition coefficient (Wildman–Crippen LogP) is 3.65. The molecule has 0 spiro atoms. The Kier molecular flexibility index (Phi) is 5.97. The van der Waals surface area contributed by atoms with Gasteiger partial charge in [-0.05, 0) is 30.5 Å². The number of hydrogen-bond acceptors (Lipinski definition) is 3. The fourth-order valence-corrected chi connectivity index (χ4v) is 4.86. The maximum Gasteiger partial charge on any atom is 0.215 e. The minimum atomic E-state index is -3.74. The van der Waals surface area contributed by atoms with Crippen molar-refractivity contribution in [2.45, 2.75) is 24.0 Å². The maximum absolute atomic E-state index is 13.9. The van der Waals surface area contributed by atoms with Gasteiger partial charge >= 0.3 is 0 Å². The second kappa shape index (κ2) is 8.05. The van der Waals surface area contributed by atoms with Gasteiger partial charge in [0.15, 0.2) is 0 Å². The number of rotatable bonds is 6. The average molecular weight is 398 g/mol. The Morgan fingerprint density at radius 2 is 1.77 bits per heavy atom. The number of halogens is 2. The lowest BCUT2D eigenvalue weighted by Crippen LogP contribution is -2.44. The molecule has 0 radical (unpaired) electrons. The first kappa shape index (κ1) is 19.3. The van der Waals surface area contributed by atoms with Crippen LogP contribution in [0.1, 0.15) is 24.0 Å². The molecule has 1 saturated heterocycles. The van der Waals surface area contributed by atoms with Gasteiger partial charge in [-0.3, -0.25) is 0 Å². The van der Waals surface area contributed by atoms with Gasteiger partial charge in [0, 0.05) is 35.8 Å². The van der Waals surface area contributed by atoms with Crippen molar-refractivity contribution in [3.05, 3.63) is 70.5 Å². The van der Waals surface area contributed by atoms with Crippen LogP contribution in [0.5, 0.6) is 0 Å². The first-order valence-corrected chi connectivity index (χ1v) is 10.5. The Labute approximate surface area is 158 Å². The van der Waals surface area contributed by atoms with Crippen molar-refractivity contribution >= 4 is 21.6 Å². The van der Waals surface area contributed by atoms with Gasteiger partial charge in [0.05, 0.1) is 5.75 Å². The van der Waals surface area contributed by atoms with Crippen LogP contribution in [-0.4, -0.2) is 28.2 Å². The van der Waals surface area contributed by atoms with Crippen LogP contribution in [-0.2, 0) is 25.9 Å². The number of benzene rings is 2. The Morgan fingerprint density at radius 1 is 1.08 bits per heavy atom. The van der Waals surface area contributed by atoms with Crippen LogP contribution in [0, 0.1) is 5.82 Å². The van der Waals surface area contributed by atoms with E-state index in [4.69, 9.17) is 16.3 Å². The van der Waals surface area contributed by atoms with Crippen molar-refractivity contribution in [1.29, 1.82) is 0 Å². The highest BCUT2D eigenvalue weighted by atomic mass is 35.5. The first-order valence-electron chi connectivity index (χ1n) is 8.45. The molecular formula is C19H21ClFNO3S. The van der Waals surface area contributed by atoms with E-state index < -0.39 is 21.6 Å². The average Bonchev–Trinajstić information content (AvgIpc) is 2.65. The quantitative estimate of drug-likeness (QED) is 0.809. The molecule has 0 aliphatic carbocycles. The van der Waals surface area contributed by atoms with E-state index in [1.54, 1.807) is 0 Å². The predicted molar refractivity (Wildman–Crippen MR) is 100 cm³/mol. The van der Waals surface area contributed by atoms with Crippen molar-refractivity contribution in [3.8, 4) is 0 Å². The molecule has 2 aromatic rings. The van der Waals surface area contributed by atoms with E-state index in [2.05, 4.69) is 4.72 Å². The fourth-order valence-electron chi connectivity index (χ4n) is 3.28. The van der Waals surface area contributed by atoms with E-state index in [1.165, 1.54) is 18.2 Å². The SMILES string of the molecule is O=S(=O)(Cc1c(F)cccc1Cl)NCC1(c2ccccc2)CCOCC1. The lowest BCUT2D eigenvalue weighted by Gasteiger charge is -2.37. The van der Waals surface area contributed by atoms with Crippen molar-refractivity contribution in [2.24, 2.45) is 0 Å². The smallest absolute Gasteiger partial charge is 0.215 e. The van der Waals surface area contributed by atoms with E-state index in [0.29, 0.717) is 13.2 Å². The summed E-state index contributed by atoms with van der Waals surface area (Å²) in [5.41, 5.74) is 0.739. The molecule has 0 aromatic heterocycles. The third-order valence-corrected chi connectivity index (χ3v) is 6.47. The van der Waals surface area contributed by atoms with Crippen molar-refractivity contribution in [2.75, 3.05) is 19.8 Å². The molecule has 4 nitrogen and oxygen atoms in total. The fraction of sp³-hybridized carbons (Fsp3) is 0.368. The van der Waals surface area contributed by atoms with E-state index in [-0.39, 0.29) is 22.5 Å². The molecule has 3 rings (SSSR count). The molecule has 1 fully saturated rings. The van der Waals surface area contributed by atoms with E-state index in [9.17, 15) is 12.8 Å². The summed E-state index contributed by atoms with van der Waals surface area (Å²) in [4.78, 5) is 0. The van der Waals surface area contributed by atoms with E-state index >= 15 is 0 Å². The molecule has 26 heavy (non-hydrogen) atoms. The molecule has 1 aliphatic heterocycles. The monoisotopic (exact) mass is 397 g/mol. The molecule has 0 unspecified atom stereocenters. The lowest BCUT2D eigenvalue weighted by molar-refractivity contribution is 0.0517. The molecule has 0 amide bonds.